The Kier molecular flexibility index (Phi) is 4.55. The van der Waals surface area contributed by atoms with Gasteiger partial charge in [-0.1, -0.05) is 0 Å². The van der Waals surface area contributed by atoms with Gasteiger partial charge in [0.15, 0.2) is 0 Å². The number of aryl methyl sites for hydroxylation is 1. The van der Waals surface area contributed by atoms with Crippen LogP contribution in [0.2, 0.25) is 0 Å². The average Bonchev–Trinajstić information content (AvgIpc) is 3.07. The number of nitrogens with one attached hydrogen (secondary N) is 1. The molecule has 0 saturated carbocycles. The molecule has 0 radical (unpaired) electrons. The maximum Gasteiger partial charge on any atom is 0.125 e. The maximum atomic E-state index is 9.23. The number of thioether (sulfide) groups is 1. The molecule has 5 nitrogen and oxygen atoms in total. The molecule has 1 atom stereocenters. The van der Waals surface area contributed by atoms with Crippen LogP contribution in [0.5, 0.6) is 0 Å². The van der Waals surface area contributed by atoms with Crippen LogP contribution < -0.4 is 5.32 Å². The highest BCUT2D eigenvalue weighted by Crippen LogP contribution is 2.27. The van der Waals surface area contributed by atoms with Gasteiger partial charge in [0.05, 0.1) is 25.1 Å². The zero-order valence-electron chi connectivity index (χ0n) is 12.2. The molecular weight excluding hydrogens is 286 g/mol. The van der Waals surface area contributed by atoms with Crippen LogP contribution in [-0.2, 0) is 6.54 Å². The Balaban J connectivity index is 1.84. The van der Waals surface area contributed by atoms with E-state index in [0.717, 1.165) is 28.6 Å². The number of nitrogens with zero attached hydrogens (tertiary/aromatic N) is 2. The van der Waals surface area contributed by atoms with Crippen LogP contribution in [0.1, 0.15) is 18.6 Å². The van der Waals surface area contributed by atoms with Crippen molar-refractivity contribution in [3.63, 3.8) is 0 Å². The largest absolute Gasteiger partial charge is 0.469 e. The van der Waals surface area contributed by atoms with E-state index < -0.39 is 0 Å². The lowest BCUT2D eigenvalue weighted by atomic mass is 10.2. The fourth-order valence-electron chi connectivity index (χ4n) is 2.64. The lowest BCUT2D eigenvalue weighted by Crippen LogP contribution is -2.27. The number of rotatable bonds is 5. The predicted molar refractivity (Wildman–Crippen MR) is 85.7 cm³/mol. The highest BCUT2D eigenvalue weighted by atomic mass is 32.2. The van der Waals surface area contributed by atoms with Gasteiger partial charge in [-0.15, -0.1) is 0 Å². The minimum Gasteiger partial charge on any atom is -0.469 e. The van der Waals surface area contributed by atoms with Crippen molar-refractivity contribution in [3.05, 3.63) is 24.2 Å². The molecule has 1 aliphatic heterocycles. The summed E-state index contributed by atoms with van der Waals surface area (Å²) in [7, 11) is 0. The van der Waals surface area contributed by atoms with Gasteiger partial charge in [-0.3, -0.25) is 0 Å². The molecule has 1 aliphatic rings. The number of hydrogen-bond donors (Lipinski definition) is 2. The fourth-order valence-corrected chi connectivity index (χ4v) is 3.72. The third kappa shape index (κ3) is 3.27. The molecule has 0 unspecified atom stereocenters. The third-order valence-electron chi connectivity index (χ3n) is 3.74. The van der Waals surface area contributed by atoms with Crippen LogP contribution in [0.3, 0.4) is 0 Å². The van der Waals surface area contributed by atoms with E-state index in [9.17, 15) is 5.11 Å². The van der Waals surface area contributed by atoms with Crippen LogP contribution in [0.4, 0.5) is 5.82 Å². The Morgan fingerprint density at radius 3 is 3.14 bits per heavy atom. The summed E-state index contributed by atoms with van der Waals surface area (Å²) >= 11 is 1.99. The molecule has 2 aromatic rings. The maximum absolute atomic E-state index is 9.23. The molecule has 0 aromatic carbocycles. The van der Waals surface area contributed by atoms with Crippen molar-refractivity contribution in [2.75, 3.05) is 23.4 Å². The molecule has 114 valence electrons. The van der Waals surface area contributed by atoms with E-state index in [-0.39, 0.29) is 6.61 Å². The van der Waals surface area contributed by atoms with E-state index in [1.807, 2.05) is 35.5 Å². The predicted octanol–water partition coefficient (Wildman–Crippen LogP) is 2.75. The van der Waals surface area contributed by atoms with Gasteiger partial charge in [0.2, 0.25) is 0 Å². The first-order valence-electron chi connectivity index (χ1n) is 7.35. The summed E-state index contributed by atoms with van der Waals surface area (Å²) in [5, 5.41) is 17.4. The Morgan fingerprint density at radius 1 is 1.57 bits per heavy atom. The first-order chi connectivity index (χ1) is 10.3. The molecule has 3 rings (SSSR count). The topological polar surface area (TPSA) is 63.2 Å². The molecule has 1 fully saturated rings. The standard InChI is InChI=1S/C15H21N3O2S/c1-11-13(4-7-20-11)14-9-15(18(17-14)5-6-19)16-12-3-2-8-21-10-12/h4,7,9,12,16,19H,2-3,5-6,8,10H2,1H3/t12-/m0/s1. The fraction of sp³-hybridized carbons (Fsp3) is 0.533. The van der Waals surface area contributed by atoms with E-state index in [4.69, 9.17) is 4.42 Å². The van der Waals surface area contributed by atoms with Crippen LogP contribution in [-0.4, -0.2) is 39.0 Å². The molecular formula is C15H21N3O2S. The van der Waals surface area contributed by atoms with Crippen molar-refractivity contribution >= 4 is 17.6 Å². The van der Waals surface area contributed by atoms with E-state index in [2.05, 4.69) is 10.4 Å². The van der Waals surface area contributed by atoms with Gasteiger partial charge in [0, 0.05) is 23.4 Å². The van der Waals surface area contributed by atoms with Crippen LogP contribution >= 0.6 is 11.8 Å². The number of anilines is 1. The van der Waals surface area contributed by atoms with Gasteiger partial charge in [-0.2, -0.15) is 16.9 Å². The highest BCUT2D eigenvalue weighted by Gasteiger charge is 2.18. The van der Waals surface area contributed by atoms with Crippen molar-refractivity contribution in [3.8, 4) is 11.3 Å². The molecule has 2 N–H and O–H groups in total. The molecule has 3 heterocycles. The monoisotopic (exact) mass is 307 g/mol. The molecule has 0 spiro atoms. The Morgan fingerprint density at radius 2 is 2.48 bits per heavy atom. The third-order valence-corrected chi connectivity index (χ3v) is 4.95. The van der Waals surface area contributed by atoms with Gasteiger partial charge in [0.25, 0.3) is 0 Å². The summed E-state index contributed by atoms with van der Waals surface area (Å²) in [5.41, 5.74) is 1.90. The Bertz CT molecular complexity index is 588. The van der Waals surface area contributed by atoms with Crippen LogP contribution in [0, 0.1) is 6.92 Å². The van der Waals surface area contributed by atoms with Crippen molar-refractivity contribution in [1.82, 2.24) is 9.78 Å². The van der Waals surface area contributed by atoms with E-state index >= 15 is 0 Å². The van der Waals surface area contributed by atoms with Gasteiger partial charge < -0.3 is 14.8 Å². The van der Waals surface area contributed by atoms with E-state index in [0.29, 0.717) is 12.6 Å². The minimum absolute atomic E-state index is 0.0829. The van der Waals surface area contributed by atoms with Gasteiger partial charge in [-0.05, 0) is 31.6 Å². The first-order valence-corrected chi connectivity index (χ1v) is 8.51. The number of aliphatic hydroxyl groups excluding tert-OH is 1. The summed E-state index contributed by atoms with van der Waals surface area (Å²) in [6, 6.07) is 4.46. The summed E-state index contributed by atoms with van der Waals surface area (Å²) < 4.78 is 7.20. The second-order valence-electron chi connectivity index (χ2n) is 5.31. The smallest absolute Gasteiger partial charge is 0.125 e. The molecule has 1 saturated heterocycles. The van der Waals surface area contributed by atoms with Crippen LogP contribution in [0.15, 0.2) is 22.8 Å². The number of hydrogen-bond acceptors (Lipinski definition) is 5. The molecule has 6 heteroatoms. The highest BCUT2D eigenvalue weighted by molar-refractivity contribution is 7.99. The van der Waals surface area contributed by atoms with Crippen LogP contribution in [0.25, 0.3) is 11.3 Å². The van der Waals surface area contributed by atoms with Gasteiger partial charge in [-0.25, -0.2) is 4.68 Å². The molecule has 2 aromatic heterocycles. The lowest BCUT2D eigenvalue weighted by Gasteiger charge is -2.23. The molecule has 0 bridgehead atoms. The average molecular weight is 307 g/mol. The van der Waals surface area contributed by atoms with E-state index in [1.54, 1.807) is 6.26 Å². The lowest BCUT2D eigenvalue weighted by molar-refractivity contribution is 0.270. The van der Waals surface area contributed by atoms with Crippen molar-refractivity contribution < 1.29 is 9.52 Å². The van der Waals surface area contributed by atoms with Crippen molar-refractivity contribution in [1.29, 1.82) is 0 Å². The minimum atomic E-state index is 0.0829. The normalized spacial score (nSPS) is 18.9. The molecule has 21 heavy (non-hydrogen) atoms. The second-order valence-corrected chi connectivity index (χ2v) is 6.46. The van der Waals surface area contributed by atoms with Crippen molar-refractivity contribution in [2.45, 2.75) is 32.4 Å². The number of aromatic nitrogens is 2. The second kappa shape index (κ2) is 6.58. The Labute approximate surface area is 128 Å². The molecule has 0 amide bonds. The zero-order chi connectivity index (χ0) is 14.7. The SMILES string of the molecule is Cc1occc1-c1cc(N[C@H]2CCCSC2)n(CCO)n1. The van der Waals surface area contributed by atoms with Gasteiger partial charge >= 0.3 is 0 Å². The van der Waals surface area contributed by atoms with Crippen molar-refractivity contribution in [2.24, 2.45) is 0 Å². The first kappa shape index (κ1) is 14.5. The number of furan rings is 1. The summed E-state index contributed by atoms with van der Waals surface area (Å²) in [4.78, 5) is 0. The number of aliphatic hydroxyl groups is 1. The quantitative estimate of drug-likeness (QED) is 0.889. The van der Waals surface area contributed by atoms with E-state index in [1.165, 1.54) is 18.6 Å². The summed E-state index contributed by atoms with van der Waals surface area (Å²) in [6.45, 7) is 2.52. The molecule has 0 aliphatic carbocycles. The summed E-state index contributed by atoms with van der Waals surface area (Å²) in [5.74, 6) is 4.23. The van der Waals surface area contributed by atoms with Gasteiger partial charge in [0.1, 0.15) is 11.6 Å². The zero-order valence-corrected chi connectivity index (χ0v) is 13.0. The summed E-state index contributed by atoms with van der Waals surface area (Å²) in [6.07, 6.45) is 4.13. The Hall–Kier alpha value is -1.40.